The van der Waals surface area contributed by atoms with Gasteiger partial charge < -0.3 is 4.90 Å². The van der Waals surface area contributed by atoms with Gasteiger partial charge in [0.2, 0.25) is 0 Å². The summed E-state index contributed by atoms with van der Waals surface area (Å²) in [4.78, 5) is 20.1. The summed E-state index contributed by atoms with van der Waals surface area (Å²) in [5.74, 6) is 1.43. The average Bonchev–Trinajstić information content (AvgIpc) is 2.71. The number of benzene rings is 1. The molecule has 1 N–H and O–H groups in total. The monoisotopic (exact) mass is 361 g/mol. The van der Waals surface area contributed by atoms with E-state index >= 15 is 0 Å². The second kappa shape index (κ2) is 7.61. The molecule has 4 rings (SSSR count). The number of nitrogens with zero attached hydrogens (tertiary/aromatic N) is 4. The first-order valence-corrected chi connectivity index (χ1v) is 9.33. The first kappa shape index (κ1) is 17.3. The number of hydrazone groups is 1. The highest BCUT2D eigenvalue weighted by Crippen LogP contribution is 2.23. The maximum absolute atomic E-state index is 13.1. The number of nitrogens with one attached hydrogen (secondary N) is 1. The van der Waals surface area contributed by atoms with Crippen LogP contribution in [0.4, 0.5) is 11.5 Å². The van der Waals surface area contributed by atoms with Crippen LogP contribution < -0.4 is 15.9 Å². The number of piperidine rings is 1. The standard InChI is InChI=1S/C21H23N5O/c1-16-10-13-25(14-11-16)20-18(15-22-24-17-7-3-2-4-8-17)21(27)26-12-6-5-9-19(26)23-20/h2-9,12,15-16,24H,10-11,13-14H2,1H3. The summed E-state index contributed by atoms with van der Waals surface area (Å²) in [5.41, 5.74) is 4.92. The van der Waals surface area contributed by atoms with Crippen molar-refractivity contribution in [3.05, 3.63) is 70.6 Å². The van der Waals surface area contributed by atoms with Crippen LogP contribution in [0, 0.1) is 5.92 Å². The first-order chi connectivity index (χ1) is 13.2. The minimum Gasteiger partial charge on any atom is -0.356 e. The molecule has 138 valence electrons. The molecule has 0 atom stereocenters. The van der Waals surface area contributed by atoms with E-state index in [1.54, 1.807) is 16.8 Å². The smallest absolute Gasteiger partial charge is 0.268 e. The Balaban J connectivity index is 1.73. The highest BCUT2D eigenvalue weighted by atomic mass is 16.1. The number of para-hydroxylation sites is 1. The van der Waals surface area contributed by atoms with E-state index in [2.05, 4.69) is 22.4 Å². The second-order valence-electron chi connectivity index (χ2n) is 6.99. The Morgan fingerprint density at radius 3 is 2.63 bits per heavy atom. The van der Waals surface area contributed by atoms with Crippen LogP contribution in [0.2, 0.25) is 0 Å². The van der Waals surface area contributed by atoms with Crippen molar-refractivity contribution >= 4 is 23.4 Å². The van der Waals surface area contributed by atoms with Crippen molar-refractivity contribution in [2.75, 3.05) is 23.4 Å². The third kappa shape index (κ3) is 3.69. The highest BCUT2D eigenvalue weighted by Gasteiger charge is 2.21. The van der Waals surface area contributed by atoms with Gasteiger partial charge in [-0.15, -0.1) is 0 Å². The van der Waals surface area contributed by atoms with E-state index in [0.29, 0.717) is 17.1 Å². The van der Waals surface area contributed by atoms with Crippen LogP contribution in [0.3, 0.4) is 0 Å². The molecule has 0 bridgehead atoms. The molecule has 0 saturated carbocycles. The van der Waals surface area contributed by atoms with Crippen molar-refractivity contribution in [1.82, 2.24) is 9.38 Å². The number of rotatable bonds is 4. The van der Waals surface area contributed by atoms with Crippen molar-refractivity contribution < 1.29 is 0 Å². The Hall–Kier alpha value is -3.15. The topological polar surface area (TPSA) is 62.0 Å². The van der Waals surface area contributed by atoms with Gasteiger partial charge in [-0.25, -0.2) is 4.98 Å². The molecule has 6 heteroatoms. The molecule has 3 heterocycles. The number of hydrogen-bond acceptors (Lipinski definition) is 5. The van der Waals surface area contributed by atoms with E-state index in [-0.39, 0.29) is 5.56 Å². The molecule has 1 aliphatic rings. The van der Waals surface area contributed by atoms with Gasteiger partial charge in [-0.1, -0.05) is 31.2 Å². The van der Waals surface area contributed by atoms with E-state index in [9.17, 15) is 4.79 Å². The zero-order valence-electron chi connectivity index (χ0n) is 15.4. The van der Waals surface area contributed by atoms with Crippen molar-refractivity contribution in [3.8, 4) is 0 Å². The van der Waals surface area contributed by atoms with E-state index in [0.717, 1.165) is 37.4 Å². The molecule has 1 saturated heterocycles. The average molecular weight is 361 g/mol. The second-order valence-corrected chi connectivity index (χ2v) is 6.99. The molecule has 0 amide bonds. The number of aromatic nitrogens is 2. The summed E-state index contributed by atoms with van der Waals surface area (Å²) in [6.45, 7) is 4.08. The van der Waals surface area contributed by atoms with Crippen LogP contribution in [0.5, 0.6) is 0 Å². The summed E-state index contributed by atoms with van der Waals surface area (Å²) >= 11 is 0. The minimum absolute atomic E-state index is 0.104. The molecule has 0 spiro atoms. The zero-order chi connectivity index (χ0) is 18.6. The van der Waals surface area contributed by atoms with Gasteiger partial charge in [0, 0.05) is 19.3 Å². The number of hydrogen-bond donors (Lipinski definition) is 1. The highest BCUT2D eigenvalue weighted by molar-refractivity contribution is 5.87. The van der Waals surface area contributed by atoms with Gasteiger partial charge in [0.25, 0.3) is 5.56 Å². The van der Waals surface area contributed by atoms with Crippen molar-refractivity contribution in [2.45, 2.75) is 19.8 Å². The SMILES string of the molecule is CC1CCN(c2nc3ccccn3c(=O)c2C=NNc2ccccc2)CC1. The summed E-state index contributed by atoms with van der Waals surface area (Å²) in [5, 5.41) is 4.29. The molecule has 27 heavy (non-hydrogen) atoms. The van der Waals surface area contributed by atoms with E-state index < -0.39 is 0 Å². The Morgan fingerprint density at radius 1 is 1.11 bits per heavy atom. The lowest BCUT2D eigenvalue weighted by Crippen LogP contribution is -2.36. The minimum atomic E-state index is -0.104. The van der Waals surface area contributed by atoms with Gasteiger partial charge in [-0.3, -0.25) is 14.6 Å². The maximum Gasteiger partial charge on any atom is 0.268 e. The lowest BCUT2D eigenvalue weighted by atomic mass is 9.99. The fraction of sp³-hybridized carbons (Fsp3) is 0.286. The maximum atomic E-state index is 13.1. The van der Waals surface area contributed by atoms with Gasteiger partial charge >= 0.3 is 0 Å². The number of pyridine rings is 1. The van der Waals surface area contributed by atoms with E-state index in [1.165, 1.54) is 0 Å². The molecule has 1 aliphatic heterocycles. The summed E-state index contributed by atoms with van der Waals surface area (Å²) in [7, 11) is 0. The molecular formula is C21H23N5O. The van der Waals surface area contributed by atoms with Gasteiger partial charge in [0.05, 0.1) is 11.9 Å². The Kier molecular flexibility index (Phi) is 4.87. The Morgan fingerprint density at radius 2 is 1.85 bits per heavy atom. The predicted molar refractivity (Wildman–Crippen MR) is 110 cm³/mol. The fourth-order valence-corrected chi connectivity index (χ4v) is 3.35. The van der Waals surface area contributed by atoms with Gasteiger partial charge in [0.15, 0.2) is 0 Å². The van der Waals surface area contributed by atoms with Gasteiger partial charge in [0.1, 0.15) is 17.0 Å². The molecule has 6 nitrogen and oxygen atoms in total. The van der Waals surface area contributed by atoms with Crippen molar-refractivity contribution in [1.29, 1.82) is 0 Å². The third-order valence-electron chi connectivity index (χ3n) is 4.99. The molecular weight excluding hydrogens is 338 g/mol. The third-order valence-corrected chi connectivity index (χ3v) is 4.99. The van der Waals surface area contributed by atoms with Crippen LogP contribution >= 0.6 is 0 Å². The van der Waals surface area contributed by atoms with Crippen LogP contribution in [0.1, 0.15) is 25.3 Å². The summed E-state index contributed by atoms with van der Waals surface area (Å²) in [6.07, 6.45) is 5.55. The van der Waals surface area contributed by atoms with E-state index in [1.807, 2.05) is 48.5 Å². The lowest BCUT2D eigenvalue weighted by Gasteiger charge is -2.32. The molecule has 1 aromatic carbocycles. The zero-order valence-corrected chi connectivity index (χ0v) is 15.4. The van der Waals surface area contributed by atoms with Crippen molar-refractivity contribution in [2.24, 2.45) is 11.0 Å². The van der Waals surface area contributed by atoms with Gasteiger partial charge in [-0.05, 0) is 43.0 Å². The van der Waals surface area contributed by atoms with Crippen LogP contribution in [-0.4, -0.2) is 28.7 Å². The largest absolute Gasteiger partial charge is 0.356 e. The number of fused-ring (bicyclic) bond motifs is 1. The van der Waals surface area contributed by atoms with Crippen LogP contribution in [0.15, 0.2) is 64.6 Å². The predicted octanol–water partition coefficient (Wildman–Crippen LogP) is 3.38. The molecule has 2 aromatic heterocycles. The van der Waals surface area contributed by atoms with Gasteiger partial charge in [-0.2, -0.15) is 5.10 Å². The Labute approximate surface area is 158 Å². The van der Waals surface area contributed by atoms with Crippen LogP contribution in [0.25, 0.3) is 5.65 Å². The fourth-order valence-electron chi connectivity index (χ4n) is 3.35. The normalized spacial score (nSPS) is 15.5. The first-order valence-electron chi connectivity index (χ1n) is 9.33. The Bertz CT molecular complexity index is 1000. The summed E-state index contributed by atoms with van der Waals surface area (Å²) in [6, 6.07) is 15.3. The molecule has 0 radical (unpaired) electrons. The van der Waals surface area contributed by atoms with E-state index in [4.69, 9.17) is 4.98 Å². The molecule has 3 aromatic rings. The molecule has 0 aliphatic carbocycles. The quantitative estimate of drug-likeness (QED) is 0.572. The lowest BCUT2D eigenvalue weighted by molar-refractivity contribution is 0.436. The molecule has 0 unspecified atom stereocenters. The molecule has 1 fully saturated rings. The van der Waals surface area contributed by atoms with Crippen molar-refractivity contribution in [3.63, 3.8) is 0 Å². The van der Waals surface area contributed by atoms with Crippen LogP contribution in [-0.2, 0) is 0 Å². The summed E-state index contributed by atoms with van der Waals surface area (Å²) < 4.78 is 1.57. The number of anilines is 2.